The number of benzene rings is 2. The van der Waals surface area contributed by atoms with Gasteiger partial charge >= 0.3 is 0 Å². The molecule has 0 aliphatic carbocycles. The van der Waals surface area contributed by atoms with Crippen molar-refractivity contribution < 1.29 is 9.47 Å². The van der Waals surface area contributed by atoms with Crippen molar-refractivity contribution in [3.63, 3.8) is 0 Å². The van der Waals surface area contributed by atoms with Gasteiger partial charge in [0.05, 0.1) is 13.7 Å². The highest BCUT2D eigenvalue weighted by Crippen LogP contribution is 2.25. The monoisotopic (exact) mass is 355 g/mol. The van der Waals surface area contributed by atoms with Crippen LogP contribution >= 0.6 is 0 Å². The number of methoxy groups -OCH3 is 1. The van der Waals surface area contributed by atoms with Crippen molar-refractivity contribution in [3.8, 4) is 11.5 Å². The summed E-state index contributed by atoms with van der Waals surface area (Å²) in [5.74, 6) is 2.87. The number of para-hydroxylation sites is 2. The Bertz CT molecular complexity index is 716. The van der Waals surface area contributed by atoms with Crippen molar-refractivity contribution in [1.29, 1.82) is 0 Å². The fourth-order valence-electron chi connectivity index (χ4n) is 2.78. The summed E-state index contributed by atoms with van der Waals surface area (Å²) >= 11 is 0. The van der Waals surface area contributed by atoms with Crippen molar-refractivity contribution in [2.75, 3.05) is 27.3 Å². The van der Waals surface area contributed by atoms with Gasteiger partial charge in [-0.2, -0.15) is 0 Å². The second kappa shape index (κ2) is 10.3. The van der Waals surface area contributed by atoms with E-state index in [1.165, 1.54) is 5.56 Å². The highest BCUT2D eigenvalue weighted by atomic mass is 16.5. The molecule has 0 aliphatic rings. The molecule has 0 saturated heterocycles. The molecule has 0 spiro atoms. The van der Waals surface area contributed by atoms with Crippen LogP contribution in [0.2, 0.25) is 0 Å². The number of guanidine groups is 1. The van der Waals surface area contributed by atoms with Crippen LogP contribution in [0.15, 0.2) is 53.5 Å². The van der Waals surface area contributed by atoms with E-state index in [1.807, 2.05) is 43.3 Å². The zero-order valence-corrected chi connectivity index (χ0v) is 16.1. The Hall–Kier alpha value is -2.69. The summed E-state index contributed by atoms with van der Waals surface area (Å²) in [5.41, 5.74) is 2.29. The Morgan fingerprint density at radius 1 is 1.04 bits per heavy atom. The third kappa shape index (κ3) is 5.41. The molecule has 26 heavy (non-hydrogen) atoms. The third-order valence-corrected chi connectivity index (χ3v) is 4.19. The van der Waals surface area contributed by atoms with E-state index < -0.39 is 0 Å². The molecule has 0 saturated carbocycles. The number of ether oxygens (including phenoxy) is 2. The van der Waals surface area contributed by atoms with Crippen molar-refractivity contribution in [1.82, 2.24) is 10.6 Å². The van der Waals surface area contributed by atoms with Crippen molar-refractivity contribution in [2.24, 2.45) is 4.99 Å². The van der Waals surface area contributed by atoms with Crippen LogP contribution in [0.1, 0.15) is 30.9 Å². The van der Waals surface area contributed by atoms with Gasteiger partial charge in [0.1, 0.15) is 11.5 Å². The second-order valence-electron chi connectivity index (χ2n) is 5.99. The number of aliphatic imine (C=N–C) groups is 1. The molecule has 2 rings (SSSR count). The predicted molar refractivity (Wildman–Crippen MR) is 107 cm³/mol. The topological polar surface area (TPSA) is 54.9 Å². The predicted octanol–water partition coefficient (Wildman–Crippen LogP) is 3.56. The first-order valence-electron chi connectivity index (χ1n) is 8.97. The molecule has 0 fully saturated rings. The molecule has 2 N–H and O–H groups in total. The molecule has 0 radical (unpaired) electrons. The van der Waals surface area contributed by atoms with Crippen LogP contribution in [0.4, 0.5) is 0 Å². The van der Waals surface area contributed by atoms with Crippen molar-refractivity contribution in [2.45, 2.75) is 26.3 Å². The van der Waals surface area contributed by atoms with E-state index in [2.05, 4.69) is 34.7 Å². The lowest BCUT2D eigenvalue weighted by Gasteiger charge is -2.19. The molecule has 5 heteroatoms. The first-order valence-corrected chi connectivity index (χ1v) is 8.97. The van der Waals surface area contributed by atoms with Gasteiger partial charge < -0.3 is 20.1 Å². The van der Waals surface area contributed by atoms with Crippen molar-refractivity contribution in [3.05, 3.63) is 59.7 Å². The molecule has 0 aliphatic heterocycles. The molecule has 1 unspecified atom stereocenters. The summed E-state index contributed by atoms with van der Waals surface area (Å²) in [6, 6.07) is 16.1. The minimum atomic E-state index is 0.292. The van der Waals surface area contributed by atoms with Gasteiger partial charge in [0, 0.05) is 31.6 Å². The standard InChI is InChI=1S/C21H29N3O2/c1-5-26-19-12-8-6-10-17(19)15-24-21(22-3)23-14-16(2)18-11-7-9-13-20(18)25-4/h6-13,16H,5,14-15H2,1-4H3,(H2,22,23,24). The normalized spacial score (nSPS) is 12.4. The lowest BCUT2D eigenvalue weighted by Crippen LogP contribution is -2.38. The highest BCUT2D eigenvalue weighted by molar-refractivity contribution is 5.79. The molecule has 5 nitrogen and oxygen atoms in total. The smallest absolute Gasteiger partial charge is 0.191 e. The molecule has 0 bridgehead atoms. The van der Waals surface area contributed by atoms with Crippen LogP contribution in [0, 0.1) is 0 Å². The summed E-state index contributed by atoms with van der Waals surface area (Å²) in [7, 11) is 3.48. The molecule has 140 valence electrons. The summed E-state index contributed by atoms with van der Waals surface area (Å²) in [6.45, 7) is 6.22. The molecular weight excluding hydrogens is 326 g/mol. The largest absolute Gasteiger partial charge is 0.496 e. The van der Waals surface area contributed by atoms with Gasteiger partial charge in [-0.3, -0.25) is 4.99 Å². The van der Waals surface area contributed by atoms with E-state index in [1.54, 1.807) is 14.2 Å². The second-order valence-corrected chi connectivity index (χ2v) is 5.99. The first-order chi connectivity index (χ1) is 12.7. The zero-order valence-electron chi connectivity index (χ0n) is 16.1. The molecule has 1 atom stereocenters. The van der Waals surface area contributed by atoms with Crippen LogP contribution in [0.25, 0.3) is 0 Å². The lowest BCUT2D eigenvalue weighted by atomic mass is 10.0. The van der Waals surface area contributed by atoms with E-state index in [9.17, 15) is 0 Å². The van der Waals surface area contributed by atoms with Crippen LogP contribution in [0.3, 0.4) is 0 Å². The van der Waals surface area contributed by atoms with Crippen LogP contribution in [0.5, 0.6) is 11.5 Å². The van der Waals surface area contributed by atoms with E-state index >= 15 is 0 Å². The number of rotatable bonds is 8. The minimum absolute atomic E-state index is 0.292. The van der Waals surface area contributed by atoms with E-state index in [4.69, 9.17) is 9.47 Å². The van der Waals surface area contributed by atoms with Gasteiger partial charge in [0.25, 0.3) is 0 Å². The molecule has 2 aromatic rings. The SMILES string of the molecule is CCOc1ccccc1CNC(=NC)NCC(C)c1ccccc1OC. The summed E-state index contributed by atoms with van der Waals surface area (Å²) < 4.78 is 11.1. The summed E-state index contributed by atoms with van der Waals surface area (Å²) in [6.07, 6.45) is 0. The van der Waals surface area contributed by atoms with Crippen molar-refractivity contribution >= 4 is 5.96 Å². The Morgan fingerprint density at radius 3 is 2.42 bits per heavy atom. The Kier molecular flexibility index (Phi) is 7.80. The van der Waals surface area contributed by atoms with Crippen LogP contribution in [-0.2, 0) is 6.54 Å². The quantitative estimate of drug-likeness (QED) is 0.561. The Balaban J connectivity index is 1.92. The Labute approximate surface area is 156 Å². The van der Waals surface area contributed by atoms with Gasteiger partial charge in [-0.15, -0.1) is 0 Å². The lowest BCUT2D eigenvalue weighted by molar-refractivity contribution is 0.336. The van der Waals surface area contributed by atoms with Gasteiger partial charge in [-0.1, -0.05) is 43.3 Å². The zero-order chi connectivity index (χ0) is 18.8. The first kappa shape index (κ1) is 19.6. The van der Waals surface area contributed by atoms with Gasteiger partial charge in [-0.05, 0) is 24.6 Å². The number of hydrogen-bond donors (Lipinski definition) is 2. The molecule has 0 aromatic heterocycles. The average Bonchev–Trinajstić information content (AvgIpc) is 2.69. The molecule has 2 aromatic carbocycles. The van der Waals surface area contributed by atoms with E-state index in [-0.39, 0.29) is 0 Å². The van der Waals surface area contributed by atoms with E-state index in [0.29, 0.717) is 19.1 Å². The summed E-state index contributed by atoms with van der Waals surface area (Å²) in [5, 5.41) is 6.73. The third-order valence-electron chi connectivity index (χ3n) is 4.19. The number of nitrogens with one attached hydrogen (secondary N) is 2. The van der Waals surface area contributed by atoms with Crippen LogP contribution < -0.4 is 20.1 Å². The number of nitrogens with zero attached hydrogens (tertiary/aromatic N) is 1. The fourth-order valence-corrected chi connectivity index (χ4v) is 2.78. The molecule has 0 amide bonds. The average molecular weight is 355 g/mol. The fraction of sp³-hybridized carbons (Fsp3) is 0.381. The van der Waals surface area contributed by atoms with Gasteiger partial charge in [-0.25, -0.2) is 0 Å². The number of hydrogen-bond acceptors (Lipinski definition) is 3. The maximum atomic E-state index is 5.67. The molecular formula is C21H29N3O2. The Morgan fingerprint density at radius 2 is 1.73 bits per heavy atom. The maximum absolute atomic E-state index is 5.67. The van der Waals surface area contributed by atoms with Crippen LogP contribution in [-0.4, -0.2) is 33.3 Å². The molecule has 0 heterocycles. The van der Waals surface area contributed by atoms with Gasteiger partial charge in [0.2, 0.25) is 0 Å². The maximum Gasteiger partial charge on any atom is 0.191 e. The minimum Gasteiger partial charge on any atom is -0.496 e. The van der Waals surface area contributed by atoms with Gasteiger partial charge in [0.15, 0.2) is 5.96 Å². The van der Waals surface area contributed by atoms with E-state index in [0.717, 1.165) is 29.6 Å². The highest BCUT2D eigenvalue weighted by Gasteiger charge is 2.11. The summed E-state index contributed by atoms with van der Waals surface area (Å²) in [4.78, 5) is 4.31.